The molecule has 0 bridgehead atoms. The van der Waals surface area contributed by atoms with E-state index in [-0.39, 0.29) is 23.3 Å². The van der Waals surface area contributed by atoms with Crippen molar-refractivity contribution in [1.82, 2.24) is 14.6 Å². The summed E-state index contributed by atoms with van der Waals surface area (Å²) >= 11 is 1.44. The van der Waals surface area contributed by atoms with Crippen LogP contribution in [0.5, 0.6) is 0 Å². The molecule has 1 fully saturated rings. The number of nitrogens with one attached hydrogen (secondary N) is 1. The Balaban J connectivity index is 0.00000225. The van der Waals surface area contributed by atoms with Gasteiger partial charge in [0.15, 0.2) is 5.13 Å². The number of nitrogens with zero attached hydrogens (tertiary/aromatic N) is 2. The van der Waals surface area contributed by atoms with E-state index in [9.17, 15) is 12.8 Å². The predicted molar refractivity (Wildman–Crippen MR) is 98.8 cm³/mol. The highest BCUT2D eigenvalue weighted by Gasteiger charge is 2.25. The van der Waals surface area contributed by atoms with Gasteiger partial charge in [0.25, 0.3) is 0 Å². The Kier molecular flexibility index (Phi) is 6.75. The molecule has 1 aliphatic rings. The number of nitrogen functional groups attached to an aromatic ring is 1. The van der Waals surface area contributed by atoms with Crippen molar-refractivity contribution >= 4 is 38.9 Å². The van der Waals surface area contributed by atoms with Gasteiger partial charge < -0.3 is 5.73 Å². The van der Waals surface area contributed by atoms with E-state index in [0.29, 0.717) is 18.2 Å². The first-order valence-corrected chi connectivity index (χ1v) is 9.93. The van der Waals surface area contributed by atoms with E-state index in [1.807, 2.05) is 0 Å². The van der Waals surface area contributed by atoms with Crippen molar-refractivity contribution in [3.63, 3.8) is 0 Å². The Labute approximate surface area is 156 Å². The highest BCUT2D eigenvalue weighted by molar-refractivity contribution is 7.89. The molecule has 1 aromatic carbocycles. The standard InChI is InChI=1S/C15H19FN4O2S2.ClH/c16-11-3-1-5-14(7-11)24(21,22)19-12-4-2-6-20(9-12)10-13-8-18-15(17)23-13;/h1,3,5,7-8,12,19H,2,4,6,9-10H2,(H2,17,18);1H. The smallest absolute Gasteiger partial charge is 0.240 e. The Morgan fingerprint density at radius 2 is 2.24 bits per heavy atom. The molecule has 3 N–H and O–H groups in total. The maximum absolute atomic E-state index is 13.3. The Bertz CT molecular complexity index is 815. The van der Waals surface area contributed by atoms with Gasteiger partial charge in [-0.15, -0.1) is 23.7 Å². The third kappa shape index (κ3) is 5.35. The predicted octanol–water partition coefficient (Wildman–Crippen LogP) is 2.23. The largest absolute Gasteiger partial charge is 0.375 e. The lowest BCUT2D eigenvalue weighted by Gasteiger charge is -2.32. The van der Waals surface area contributed by atoms with Crippen molar-refractivity contribution < 1.29 is 12.8 Å². The molecule has 138 valence electrons. The zero-order chi connectivity index (χ0) is 17.2. The third-order valence-corrected chi connectivity index (χ3v) is 6.21. The highest BCUT2D eigenvalue weighted by Crippen LogP contribution is 2.20. The summed E-state index contributed by atoms with van der Waals surface area (Å²) in [5, 5.41) is 0.533. The number of piperidine rings is 1. The molecule has 1 atom stereocenters. The molecule has 0 radical (unpaired) electrons. The number of aromatic nitrogens is 1. The van der Waals surface area contributed by atoms with Gasteiger partial charge in [-0.2, -0.15) is 0 Å². The van der Waals surface area contributed by atoms with Crippen LogP contribution in [0.1, 0.15) is 17.7 Å². The van der Waals surface area contributed by atoms with Crippen LogP contribution in [0, 0.1) is 5.82 Å². The van der Waals surface area contributed by atoms with E-state index in [1.165, 1.54) is 29.5 Å². The van der Waals surface area contributed by atoms with E-state index in [4.69, 9.17) is 5.73 Å². The minimum absolute atomic E-state index is 0. The van der Waals surface area contributed by atoms with E-state index >= 15 is 0 Å². The first kappa shape index (κ1) is 20.1. The molecular weight excluding hydrogens is 387 g/mol. The summed E-state index contributed by atoms with van der Waals surface area (Å²) < 4.78 is 40.8. The summed E-state index contributed by atoms with van der Waals surface area (Å²) in [4.78, 5) is 7.22. The molecule has 0 saturated carbocycles. The Morgan fingerprint density at radius 3 is 2.92 bits per heavy atom. The number of anilines is 1. The van der Waals surface area contributed by atoms with Crippen molar-refractivity contribution in [1.29, 1.82) is 0 Å². The van der Waals surface area contributed by atoms with Gasteiger partial charge in [-0.3, -0.25) is 4.90 Å². The first-order chi connectivity index (χ1) is 11.4. The molecule has 25 heavy (non-hydrogen) atoms. The van der Waals surface area contributed by atoms with Crippen molar-refractivity contribution in [3.8, 4) is 0 Å². The SMILES string of the molecule is Cl.Nc1ncc(CN2CCCC(NS(=O)(=O)c3cccc(F)c3)C2)s1. The zero-order valence-electron chi connectivity index (χ0n) is 13.4. The van der Waals surface area contributed by atoms with Crippen LogP contribution >= 0.6 is 23.7 Å². The quantitative estimate of drug-likeness (QED) is 0.794. The first-order valence-electron chi connectivity index (χ1n) is 7.63. The molecule has 1 saturated heterocycles. The summed E-state index contributed by atoms with van der Waals surface area (Å²) in [5.41, 5.74) is 5.64. The lowest BCUT2D eigenvalue weighted by molar-refractivity contribution is 0.196. The van der Waals surface area contributed by atoms with Gasteiger partial charge >= 0.3 is 0 Å². The summed E-state index contributed by atoms with van der Waals surface area (Å²) in [6.45, 7) is 2.20. The number of halogens is 2. The van der Waals surface area contributed by atoms with Crippen molar-refractivity contribution in [3.05, 3.63) is 41.2 Å². The average Bonchev–Trinajstić information content (AvgIpc) is 2.92. The topological polar surface area (TPSA) is 88.3 Å². The minimum atomic E-state index is -3.72. The highest BCUT2D eigenvalue weighted by atomic mass is 35.5. The fourth-order valence-electron chi connectivity index (χ4n) is 2.83. The maximum atomic E-state index is 13.3. The molecule has 1 aromatic heterocycles. The van der Waals surface area contributed by atoms with Gasteiger partial charge in [0.1, 0.15) is 5.82 Å². The molecular formula is C15H20ClFN4O2S2. The molecule has 2 heterocycles. The van der Waals surface area contributed by atoms with Gasteiger partial charge in [-0.05, 0) is 37.6 Å². The molecule has 10 heteroatoms. The number of thiazole rings is 1. The molecule has 0 amide bonds. The average molecular weight is 407 g/mol. The lowest BCUT2D eigenvalue weighted by Crippen LogP contribution is -2.47. The molecule has 6 nitrogen and oxygen atoms in total. The van der Waals surface area contributed by atoms with Gasteiger partial charge in [-0.25, -0.2) is 22.5 Å². The Morgan fingerprint density at radius 1 is 1.44 bits per heavy atom. The number of hydrogen-bond acceptors (Lipinski definition) is 6. The number of likely N-dealkylation sites (tertiary alicyclic amines) is 1. The second kappa shape index (κ2) is 8.41. The summed E-state index contributed by atoms with van der Waals surface area (Å²) in [7, 11) is -3.72. The number of benzene rings is 1. The lowest BCUT2D eigenvalue weighted by atomic mass is 10.1. The van der Waals surface area contributed by atoms with Crippen molar-refractivity contribution in [2.24, 2.45) is 0 Å². The third-order valence-electron chi connectivity index (χ3n) is 3.88. The summed E-state index contributed by atoms with van der Waals surface area (Å²) in [6.07, 6.45) is 3.40. The van der Waals surface area contributed by atoms with Crippen LogP contribution in [0.2, 0.25) is 0 Å². The molecule has 0 spiro atoms. The van der Waals surface area contributed by atoms with Gasteiger partial charge in [-0.1, -0.05) is 6.07 Å². The zero-order valence-corrected chi connectivity index (χ0v) is 15.8. The monoisotopic (exact) mass is 406 g/mol. The van der Waals surface area contributed by atoms with Crippen LogP contribution in [-0.4, -0.2) is 37.4 Å². The second-order valence-electron chi connectivity index (χ2n) is 5.82. The fourth-order valence-corrected chi connectivity index (χ4v) is 4.85. The molecule has 3 rings (SSSR count). The van der Waals surface area contributed by atoms with Crippen LogP contribution in [-0.2, 0) is 16.6 Å². The summed E-state index contributed by atoms with van der Waals surface area (Å²) in [6, 6.07) is 4.85. The number of rotatable bonds is 5. The molecule has 1 unspecified atom stereocenters. The fraction of sp³-hybridized carbons (Fsp3) is 0.400. The molecule has 0 aliphatic carbocycles. The summed E-state index contributed by atoms with van der Waals surface area (Å²) in [5.74, 6) is -0.564. The van der Waals surface area contributed by atoms with E-state index < -0.39 is 15.8 Å². The Hall–Kier alpha value is -1.26. The maximum Gasteiger partial charge on any atom is 0.240 e. The molecule has 1 aliphatic heterocycles. The van der Waals surface area contributed by atoms with Gasteiger partial charge in [0.2, 0.25) is 10.0 Å². The van der Waals surface area contributed by atoms with Crippen LogP contribution in [0.3, 0.4) is 0 Å². The van der Waals surface area contributed by atoms with Crippen LogP contribution in [0.25, 0.3) is 0 Å². The van der Waals surface area contributed by atoms with Crippen LogP contribution < -0.4 is 10.5 Å². The normalized spacial score (nSPS) is 18.7. The van der Waals surface area contributed by atoms with Crippen LogP contribution in [0.15, 0.2) is 35.4 Å². The van der Waals surface area contributed by atoms with E-state index in [0.717, 1.165) is 30.3 Å². The minimum Gasteiger partial charge on any atom is -0.375 e. The van der Waals surface area contributed by atoms with Crippen molar-refractivity contribution in [2.45, 2.75) is 30.3 Å². The van der Waals surface area contributed by atoms with Gasteiger partial charge in [0, 0.05) is 30.2 Å². The number of nitrogens with two attached hydrogens (primary N) is 1. The number of hydrogen-bond donors (Lipinski definition) is 2. The van der Waals surface area contributed by atoms with Gasteiger partial charge in [0.05, 0.1) is 4.90 Å². The second-order valence-corrected chi connectivity index (χ2v) is 8.68. The van der Waals surface area contributed by atoms with E-state index in [2.05, 4.69) is 14.6 Å². The van der Waals surface area contributed by atoms with Crippen molar-refractivity contribution in [2.75, 3.05) is 18.8 Å². The van der Waals surface area contributed by atoms with E-state index in [1.54, 1.807) is 6.20 Å². The molecule has 2 aromatic rings. The van der Waals surface area contributed by atoms with Crippen LogP contribution in [0.4, 0.5) is 9.52 Å². The number of sulfonamides is 1.